The predicted octanol–water partition coefficient (Wildman–Crippen LogP) is 2.93. The van der Waals surface area contributed by atoms with Gasteiger partial charge in [0.25, 0.3) is 0 Å². The smallest absolute Gasteiger partial charge is 0.0589 e. The van der Waals surface area contributed by atoms with E-state index < -0.39 is 0 Å². The second kappa shape index (κ2) is 2.78. The number of benzene rings is 1. The van der Waals surface area contributed by atoms with E-state index in [2.05, 4.69) is 45.0 Å². The van der Waals surface area contributed by atoms with Crippen molar-refractivity contribution in [3.8, 4) is 0 Å². The fourth-order valence-corrected chi connectivity index (χ4v) is 0.895. The summed E-state index contributed by atoms with van der Waals surface area (Å²) in [5.41, 5.74) is 2.62. The van der Waals surface area contributed by atoms with Gasteiger partial charge in [-0.2, -0.15) is 0 Å². The van der Waals surface area contributed by atoms with Crippen LogP contribution in [-0.4, -0.2) is 0 Å². The van der Waals surface area contributed by atoms with Gasteiger partial charge < -0.3 is 0 Å². The molecular formula is C10H13+. The molecule has 0 nitrogen and oxygen atoms in total. The van der Waals surface area contributed by atoms with Crippen LogP contribution in [0.2, 0.25) is 0 Å². The Morgan fingerprint density at radius 3 is 2.10 bits per heavy atom. The Bertz CT molecular complexity index is 194. The van der Waals surface area contributed by atoms with Crippen LogP contribution < -0.4 is 0 Å². The van der Waals surface area contributed by atoms with Gasteiger partial charge in [0.1, 0.15) is 5.92 Å². The van der Waals surface area contributed by atoms with Crippen LogP contribution in [0.25, 0.3) is 0 Å². The summed E-state index contributed by atoms with van der Waals surface area (Å²) in [5, 5.41) is 0. The third-order valence-electron chi connectivity index (χ3n) is 1.65. The van der Waals surface area contributed by atoms with Crippen molar-refractivity contribution in [1.29, 1.82) is 0 Å². The monoisotopic (exact) mass is 133 g/mol. The number of rotatable bonds is 1. The van der Waals surface area contributed by atoms with Gasteiger partial charge >= 0.3 is 0 Å². The molecule has 0 heteroatoms. The van der Waals surface area contributed by atoms with Crippen LogP contribution >= 0.6 is 0 Å². The van der Waals surface area contributed by atoms with Crippen molar-refractivity contribution in [2.75, 3.05) is 0 Å². The normalized spacial score (nSPS) is 13.0. The second-order valence-corrected chi connectivity index (χ2v) is 2.81. The summed E-state index contributed by atoms with van der Waals surface area (Å²) in [6, 6.07) is 8.51. The lowest BCUT2D eigenvalue weighted by atomic mass is 10.0. The quantitative estimate of drug-likeness (QED) is 0.517. The zero-order valence-electron chi connectivity index (χ0n) is 6.59. The molecule has 10 heavy (non-hydrogen) atoms. The Labute approximate surface area is 62.9 Å². The van der Waals surface area contributed by atoms with Crippen LogP contribution in [0.3, 0.4) is 0 Å². The van der Waals surface area contributed by atoms with Crippen LogP contribution in [0, 0.1) is 13.8 Å². The van der Waals surface area contributed by atoms with Crippen molar-refractivity contribution >= 4 is 0 Å². The van der Waals surface area contributed by atoms with Gasteiger partial charge in [0.15, 0.2) is 0 Å². The summed E-state index contributed by atoms with van der Waals surface area (Å²) in [6.07, 6.45) is 0. The maximum Gasteiger partial charge on any atom is 0.117 e. The van der Waals surface area contributed by atoms with Gasteiger partial charge in [0, 0.05) is 0 Å². The summed E-state index contributed by atoms with van der Waals surface area (Å²) in [6.45, 7) is 8.14. The van der Waals surface area contributed by atoms with Crippen molar-refractivity contribution in [1.82, 2.24) is 0 Å². The lowest BCUT2D eigenvalue weighted by molar-refractivity contribution is 0.963. The molecule has 0 saturated carbocycles. The van der Waals surface area contributed by atoms with Gasteiger partial charge in [-0.05, 0) is 19.4 Å². The molecule has 0 aliphatic rings. The van der Waals surface area contributed by atoms with E-state index in [0.29, 0.717) is 5.92 Å². The van der Waals surface area contributed by atoms with Crippen LogP contribution in [0.15, 0.2) is 24.3 Å². The molecule has 1 unspecified atom stereocenters. The Morgan fingerprint density at radius 1 is 1.20 bits per heavy atom. The molecule has 1 rings (SSSR count). The molecular weight excluding hydrogens is 120 g/mol. The van der Waals surface area contributed by atoms with Gasteiger partial charge in [-0.3, -0.25) is 0 Å². The minimum Gasteiger partial charge on any atom is -0.0589 e. The molecule has 0 radical (unpaired) electrons. The summed E-state index contributed by atoms with van der Waals surface area (Å²) in [7, 11) is 0. The first-order valence-corrected chi connectivity index (χ1v) is 3.60. The SMILES string of the molecule is [CH2+]C(C)c1ccc(C)cc1. The van der Waals surface area contributed by atoms with E-state index in [4.69, 9.17) is 0 Å². The molecule has 0 bridgehead atoms. The summed E-state index contributed by atoms with van der Waals surface area (Å²) >= 11 is 0. The zero-order chi connectivity index (χ0) is 7.56. The molecule has 0 saturated heterocycles. The molecule has 0 amide bonds. The summed E-state index contributed by atoms with van der Waals surface area (Å²) in [5.74, 6) is 0.403. The summed E-state index contributed by atoms with van der Waals surface area (Å²) in [4.78, 5) is 0. The third kappa shape index (κ3) is 1.53. The van der Waals surface area contributed by atoms with Crippen LogP contribution in [-0.2, 0) is 0 Å². The van der Waals surface area contributed by atoms with Crippen molar-refractivity contribution < 1.29 is 0 Å². The minimum absolute atomic E-state index is 0.403. The number of aryl methyl sites for hydroxylation is 1. The highest BCUT2D eigenvalue weighted by Crippen LogP contribution is 2.13. The van der Waals surface area contributed by atoms with Crippen molar-refractivity contribution in [3.05, 3.63) is 42.3 Å². The first-order chi connectivity index (χ1) is 4.70. The molecule has 0 aliphatic heterocycles. The fraction of sp³-hybridized carbons (Fsp3) is 0.300. The molecule has 0 fully saturated rings. The van der Waals surface area contributed by atoms with E-state index in [1.165, 1.54) is 11.1 Å². The average Bonchev–Trinajstić information content (AvgIpc) is 1.88. The Kier molecular flexibility index (Phi) is 2.00. The largest absolute Gasteiger partial charge is 0.117 e. The van der Waals surface area contributed by atoms with E-state index in [9.17, 15) is 0 Å². The van der Waals surface area contributed by atoms with Gasteiger partial charge in [-0.15, -0.1) is 0 Å². The lowest BCUT2D eigenvalue weighted by Crippen LogP contribution is -1.85. The van der Waals surface area contributed by atoms with Crippen LogP contribution in [0.4, 0.5) is 0 Å². The number of hydrogen-bond donors (Lipinski definition) is 0. The topological polar surface area (TPSA) is 0 Å². The zero-order valence-corrected chi connectivity index (χ0v) is 6.59. The molecule has 1 aromatic rings. The Morgan fingerprint density at radius 2 is 1.70 bits per heavy atom. The number of hydrogen-bond acceptors (Lipinski definition) is 0. The molecule has 52 valence electrons. The minimum atomic E-state index is 0.403. The van der Waals surface area contributed by atoms with Gasteiger partial charge in [0.2, 0.25) is 0 Å². The Balaban J connectivity index is 2.89. The van der Waals surface area contributed by atoms with Crippen molar-refractivity contribution in [2.24, 2.45) is 0 Å². The first-order valence-electron chi connectivity index (χ1n) is 3.60. The molecule has 1 aromatic carbocycles. The maximum absolute atomic E-state index is 3.94. The third-order valence-corrected chi connectivity index (χ3v) is 1.65. The van der Waals surface area contributed by atoms with E-state index in [0.717, 1.165) is 0 Å². The maximum atomic E-state index is 3.94. The highest BCUT2D eigenvalue weighted by Gasteiger charge is 2.01. The Hall–Kier alpha value is -0.910. The molecule has 0 heterocycles. The first kappa shape index (κ1) is 7.20. The molecule has 0 N–H and O–H groups in total. The van der Waals surface area contributed by atoms with E-state index >= 15 is 0 Å². The molecule has 0 spiro atoms. The molecule has 0 aromatic heterocycles. The van der Waals surface area contributed by atoms with Gasteiger partial charge in [0.05, 0.1) is 6.92 Å². The van der Waals surface area contributed by atoms with E-state index in [1.54, 1.807) is 0 Å². The van der Waals surface area contributed by atoms with Crippen LogP contribution in [0.5, 0.6) is 0 Å². The highest BCUT2D eigenvalue weighted by atomic mass is 14.0. The van der Waals surface area contributed by atoms with Crippen LogP contribution in [0.1, 0.15) is 24.0 Å². The predicted molar refractivity (Wildman–Crippen MR) is 45.0 cm³/mol. The molecule has 0 aliphatic carbocycles. The van der Waals surface area contributed by atoms with Crippen molar-refractivity contribution in [2.45, 2.75) is 19.8 Å². The molecule has 1 atom stereocenters. The fourth-order valence-electron chi connectivity index (χ4n) is 0.895. The highest BCUT2D eigenvalue weighted by molar-refractivity contribution is 5.24. The lowest BCUT2D eigenvalue weighted by Gasteiger charge is -1.98. The van der Waals surface area contributed by atoms with Gasteiger partial charge in [-0.1, -0.05) is 29.8 Å². The average molecular weight is 133 g/mol. The van der Waals surface area contributed by atoms with E-state index in [1.807, 2.05) is 0 Å². The van der Waals surface area contributed by atoms with Gasteiger partial charge in [-0.25, -0.2) is 0 Å². The standard InChI is InChI=1S/C10H13/c1-8(2)10-6-4-9(3)5-7-10/h4-8H,1H2,2-3H3/q+1. The van der Waals surface area contributed by atoms with Crippen molar-refractivity contribution in [3.63, 3.8) is 0 Å². The summed E-state index contributed by atoms with van der Waals surface area (Å²) < 4.78 is 0. The van der Waals surface area contributed by atoms with E-state index in [-0.39, 0.29) is 0 Å². The second-order valence-electron chi connectivity index (χ2n) is 2.81.